The number of amides is 1. The van der Waals surface area contributed by atoms with Crippen LogP contribution in [0.15, 0.2) is 36.4 Å². The molecule has 2 aliphatic rings. The molecular formula is C20H27NO2. The lowest BCUT2D eigenvalue weighted by Crippen LogP contribution is -2.39. The first-order valence-electron chi connectivity index (χ1n) is 8.68. The Morgan fingerprint density at radius 2 is 2.13 bits per heavy atom. The molecule has 2 aliphatic carbocycles. The summed E-state index contributed by atoms with van der Waals surface area (Å²) in [6, 6.07) is 7.50. The molecule has 1 aromatic rings. The van der Waals surface area contributed by atoms with Crippen LogP contribution in [0.1, 0.15) is 37.0 Å². The molecule has 0 aliphatic heterocycles. The SMILES string of the molecule is COc1cccc(C(=O)N(CC(C)C)CC2CC3C=CC2C3)c1. The summed E-state index contributed by atoms with van der Waals surface area (Å²) >= 11 is 0. The first-order chi connectivity index (χ1) is 11.1. The maximum atomic E-state index is 13.0. The van der Waals surface area contributed by atoms with Crippen molar-refractivity contribution in [2.45, 2.75) is 26.7 Å². The van der Waals surface area contributed by atoms with Crippen molar-refractivity contribution in [2.75, 3.05) is 20.2 Å². The quantitative estimate of drug-likeness (QED) is 0.743. The van der Waals surface area contributed by atoms with Gasteiger partial charge in [0.2, 0.25) is 0 Å². The molecule has 2 bridgehead atoms. The topological polar surface area (TPSA) is 29.5 Å². The molecule has 1 amide bonds. The van der Waals surface area contributed by atoms with Crippen LogP contribution in [0.5, 0.6) is 5.75 Å². The third-order valence-corrected chi connectivity index (χ3v) is 5.06. The first kappa shape index (κ1) is 16.1. The van der Waals surface area contributed by atoms with Gasteiger partial charge in [0.1, 0.15) is 5.75 Å². The molecule has 0 aromatic heterocycles. The number of hydrogen-bond donors (Lipinski definition) is 0. The zero-order chi connectivity index (χ0) is 16.4. The summed E-state index contributed by atoms with van der Waals surface area (Å²) in [5.41, 5.74) is 0.726. The van der Waals surface area contributed by atoms with Gasteiger partial charge in [-0.05, 0) is 54.7 Å². The van der Waals surface area contributed by atoms with Gasteiger partial charge in [0.05, 0.1) is 7.11 Å². The second-order valence-electron chi connectivity index (χ2n) is 7.38. The van der Waals surface area contributed by atoms with Gasteiger partial charge >= 0.3 is 0 Å². The number of nitrogens with zero attached hydrogens (tertiary/aromatic N) is 1. The Morgan fingerprint density at radius 1 is 1.30 bits per heavy atom. The number of fused-ring (bicyclic) bond motifs is 2. The van der Waals surface area contributed by atoms with Gasteiger partial charge in [0, 0.05) is 18.7 Å². The van der Waals surface area contributed by atoms with E-state index in [0.717, 1.165) is 30.3 Å². The minimum absolute atomic E-state index is 0.129. The van der Waals surface area contributed by atoms with Crippen LogP contribution in [0.4, 0.5) is 0 Å². The van der Waals surface area contributed by atoms with Crippen molar-refractivity contribution in [2.24, 2.45) is 23.7 Å². The first-order valence-corrected chi connectivity index (χ1v) is 8.68. The molecule has 3 unspecified atom stereocenters. The molecule has 0 saturated heterocycles. The van der Waals surface area contributed by atoms with Crippen LogP contribution in [0.25, 0.3) is 0 Å². The Balaban J connectivity index is 1.75. The molecule has 124 valence electrons. The summed E-state index contributed by atoms with van der Waals surface area (Å²) < 4.78 is 5.26. The van der Waals surface area contributed by atoms with E-state index in [1.165, 1.54) is 12.8 Å². The third-order valence-electron chi connectivity index (χ3n) is 5.06. The highest BCUT2D eigenvalue weighted by Crippen LogP contribution is 2.43. The summed E-state index contributed by atoms with van der Waals surface area (Å²) in [5.74, 6) is 3.38. The van der Waals surface area contributed by atoms with Crippen LogP contribution in [-0.2, 0) is 0 Å². The van der Waals surface area contributed by atoms with Gasteiger partial charge in [-0.1, -0.05) is 32.1 Å². The molecule has 3 atom stereocenters. The Bertz CT molecular complexity index is 593. The highest BCUT2D eigenvalue weighted by molar-refractivity contribution is 5.94. The van der Waals surface area contributed by atoms with Gasteiger partial charge < -0.3 is 9.64 Å². The zero-order valence-electron chi connectivity index (χ0n) is 14.4. The lowest BCUT2D eigenvalue weighted by Gasteiger charge is -2.30. The van der Waals surface area contributed by atoms with E-state index in [9.17, 15) is 4.79 Å². The summed E-state index contributed by atoms with van der Waals surface area (Å²) in [7, 11) is 1.64. The van der Waals surface area contributed by atoms with Crippen LogP contribution in [-0.4, -0.2) is 31.0 Å². The average Bonchev–Trinajstić information content (AvgIpc) is 3.16. The van der Waals surface area contributed by atoms with Crippen molar-refractivity contribution in [3.05, 3.63) is 42.0 Å². The standard InChI is InChI=1S/C20H27NO2/c1-14(2)12-21(13-18-10-15-7-8-16(18)9-15)20(22)17-5-4-6-19(11-17)23-3/h4-8,11,14-16,18H,9-10,12-13H2,1-3H3. The second kappa shape index (κ2) is 6.77. The molecule has 0 radical (unpaired) electrons. The van der Waals surface area contributed by atoms with Crippen LogP contribution >= 0.6 is 0 Å². The van der Waals surface area contributed by atoms with Crippen molar-refractivity contribution in [1.29, 1.82) is 0 Å². The van der Waals surface area contributed by atoms with Crippen molar-refractivity contribution >= 4 is 5.91 Å². The Kier molecular flexibility index (Phi) is 4.74. The maximum Gasteiger partial charge on any atom is 0.254 e. The highest BCUT2D eigenvalue weighted by atomic mass is 16.5. The van der Waals surface area contributed by atoms with E-state index in [2.05, 4.69) is 30.9 Å². The van der Waals surface area contributed by atoms with Crippen LogP contribution < -0.4 is 4.74 Å². The number of carbonyl (C=O) groups excluding carboxylic acids is 1. The summed E-state index contributed by atoms with van der Waals surface area (Å²) in [6.07, 6.45) is 7.24. The van der Waals surface area contributed by atoms with Crippen LogP contribution in [0, 0.1) is 23.7 Å². The number of ether oxygens (including phenoxy) is 1. The average molecular weight is 313 g/mol. The van der Waals surface area contributed by atoms with E-state index in [1.807, 2.05) is 24.3 Å². The fraction of sp³-hybridized carbons (Fsp3) is 0.550. The molecule has 3 nitrogen and oxygen atoms in total. The van der Waals surface area contributed by atoms with Gasteiger partial charge in [-0.25, -0.2) is 0 Å². The molecule has 23 heavy (non-hydrogen) atoms. The fourth-order valence-corrected chi connectivity index (χ4v) is 4.01. The monoisotopic (exact) mass is 313 g/mol. The minimum Gasteiger partial charge on any atom is -0.497 e. The summed E-state index contributed by atoms with van der Waals surface area (Å²) in [5, 5.41) is 0. The zero-order valence-corrected chi connectivity index (χ0v) is 14.4. The number of rotatable bonds is 6. The molecule has 1 fully saturated rings. The predicted octanol–water partition coefficient (Wildman–Crippen LogP) is 4.01. The van der Waals surface area contributed by atoms with Gasteiger partial charge in [-0.2, -0.15) is 0 Å². The van der Waals surface area contributed by atoms with E-state index >= 15 is 0 Å². The minimum atomic E-state index is 0.129. The molecule has 1 aromatic carbocycles. The molecule has 3 rings (SSSR count). The van der Waals surface area contributed by atoms with E-state index in [-0.39, 0.29) is 5.91 Å². The summed E-state index contributed by atoms with van der Waals surface area (Å²) in [4.78, 5) is 15.0. The predicted molar refractivity (Wildman–Crippen MR) is 92.6 cm³/mol. The molecule has 0 N–H and O–H groups in total. The number of benzene rings is 1. The van der Waals surface area contributed by atoms with E-state index in [4.69, 9.17) is 4.74 Å². The van der Waals surface area contributed by atoms with E-state index in [0.29, 0.717) is 17.8 Å². The Hall–Kier alpha value is -1.77. The maximum absolute atomic E-state index is 13.0. The fourth-order valence-electron chi connectivity index (χ4n) is 4.01. The number of allylic oxidation sites excluding steroid dienone is 2. The largest absolute Gasteiger partial charge is 0.497 e. The third kappa shape index (κ3) is 3.60. The molecule has 0 spiro atoms. The van der Waals surface area contributed by atoms with Gasteiger partial charge in [0.15, 0.2) is 0 Å². The molecule has 0 heterocycles. The van der Waals surface area contributed by atoms with Gasteiger partial charge in [-0.15, -0.1) is 0 Å². The summed E-state index contributed by atoms with van der Waals surface area (Å²) in [6.45, 7) is 6.03. The number of methoxy groups -OCH3 is 1. The van der Waals surface area contributed by atoms with Crippen molar-refractivity contribution in [1.82, 2.24) is 4.90 Å². The highest BCUT2D eigenvalue weighted by Gasteiger charge is 2.37. The Labute approximate surface area is 139 Å². The van der Waals surface area contributed by atoms with E-state index < -0.39 is 0 Å². The lowest BCUT2D eigenvalue weighted by atomic mass is 9.92. The molecule has 3 heteroatoms. The normalized spacial score (nSPS) is 25.1. The smallest absolute Gasteiger partial charge is 0.254 e. The molecule has 1 saturated carbocycles. The Morgan fingerprint density at radius 3 is 2.74 bits per heavy atom. The lowest BCUT2D eigenvalue weighted by molar-refractivity contribution is 0.0696. The van der Waals surface area contributed by atoms with Crippen molar-refractivity contribution < 1.29 is 9.53 Å². The number of carbonyl (C=O) groups is 1. The van der Waals surface area contributed by atoms with Crippen LogP contribution in [0.2, 0.25) is 0 Å². The van der Waals surface area contributed by atoms with Crippen molar-refractivity contribution in [3.8, 4) is 5.75 Å². The van der Waals surface area contributed by atoms with Gasteiger partial charge in [0.25, 0.3) is 5.91 Å². The number of hydrogen-bond acceptors (Lipinski definition) is 2. The molecular weight excluding hydrogens is 286 g/mol. The van der Waals surface area contributed by atoms with Crippen LogP contribution in [0.3, 0.4) is 0 Å². The second-order valence-corrected chi connectivity index (χ2v) is 7.38. The van der Waals surface area contributed by atoms with Crippen molar-refractivity contribution in [3.63, 3.8) is 0 Å². The van der Waals surface area contributed by atoms with Gasteiger partial charge in [-0.3, -0.25) is 4.79 Å². The van der Waals surface area contributed by atoms with E-state index in [1.54, 1.807) is 7.11 Å².